The highest BCUT2D eigenvalue weighted by Gasteiger charge is 2.34. The summed E-state index contributed by atoms with van der Waals surface area (Å²) in [5.74, 6) is 0.143. The molecular weight excluding hydrogens is 542 g/mol. The molecule has 1 N–H and O–H groups in total. The monoisotopic (exact) mass is 579 g/mol. The van der Waals surface area contributed by atoms with Gasteiger partial charge in [0, 0.05) is 18.7 Å². The lowest BCUT2D eigenvalue weighted by atomic mass is 10.1. The van der Waals surface area contributed by atoms with E-state index in [0.717, 1.165) is 9.87 Å². The van der Waals surface area contributed by atoms with Crippen molar-refractivity contribution in [3.8, 4) is 11.5 Å². The lowest BCUT2D eigenvalue weighted by Crippen LogP contribution is -2.54. The number of amides is 2. The highest BCUT2D eigenvalue weighted by molar-refractivity contribution is 7.92. The summed E-state index contributed by atoms with van der Waals surface area (Å²) in [5, 5.41) is 2.91. The minimum atomic E-state index is -4.16. The van der Waals surface area contributed by atoms with Crippen LogP contribution >= 0.6 is 0 Å². The minimum absolute atomic E-state index is 0.0446. The van der Waals surface area contributed by atoms with Gasteiger partial charge in [0.1, 0.15) is 25.8 Å². The topological polar surface area (TPSA) is 105 Å². The molecule has 0 saturated carbocycles. The molecule has 3 aromatic carbocycles. The Bertz CT molecular complexity index is 1430. The Kier molecular flexibility index (Phi) is 9.88. The Labute approximate surface area is 242 Å². The second kappa shape index (κ2) is 13.5. The van der Waals surface area contributed by atoms with E-state index in [0.29, 0.717) is 37.6 Å². The fourth-order valence-corrected chi connectivity index (χ4v) is 6.14. The quantitative estimate of drug-likeness (QED) is 0.348. The van der Waals surface area contributed by atoms with Gasteiger partial charge in [-0.25, -0.2) is 8.42 Å². The van der Waals surface area contributed by atoms with Gasteiger partial charge in [-0.2, -0.15) is 0 Å². The number of fused-ring (bicyclic) bond motifs is 1. The molecule has 218 valence electrons. The third kappa shape index (κ3) is 7.38. The summed E-state index contributed by atoms with van der Waals surface area (Å²) in [6.07, 6.45) is 0.877. The van der Waals surface area contributed by atoms with Crippen LogP contribution in [-0.2, 0) is 26.0 Å². The lowest BCUT2D eigenvalue weighted by molar-refractivity contribution is -0.139. The van der Waals surface area contributed by atoms with Crippen LogP contribution in [0.25, 0.3) is 0 Å². The van der Waals surface area contributed by atoms with Gasteiger partial charge >= 0.3 is 0 Å². The van der Waals surface area contributed by atoms with Crippen LogP contribution in [0.4, 0.5) is 5.69 Å². The molecule has 4 rings (SSSR count). The molecule has 1 heterocycles. The van der Waals surface area contributed by atoms with Gasteiger partial charge in [-0.1, -0.05) is 55.5 Å². The van der Waals surface area contributed by atoms with Crippen molar-refractivity contribution in [3.05, 3.63) is 84.4 Å². The number of benzene rings is 3. The van der Waals surface area contributed by atoms with Crippen LogP contribution in [0.1, 0.15) is 32.8 Å². The predicted molar refractivity (Wildman–Crippen MR) is 158 cm³/mol. The fraction of sp³-hybridized carbons (Fsp3) is 0.355. The molecule has 0 unspecified atom stereocenters. The standard InChI is InChI=1S/C31H37N3O6S/c1-4-27(31(36)32-23(2)3)33(18-17-24-11-7-5-8-12-24)30(35)22-34(41(37,38)26-13-9-6-10-14-26)25-15-16-28-29(21-25)40-20-19-39-28/h5-16,21,23,27H,4,17-20,22H2,1-3H3,(H,32,36)/t27-/m1/s1. The van der Waals surface area contributed by atoms with E-state index in [9.17, 15) is 18.0 Å². The summed E-state index contributed by atoms with van der Waals surface area (Å²) in [7, 11) is -4.16. The number of carbonyl (C=O) groups excluding carboxylic acids is 2. The highest BCUT2D eigenvalue weighted by atomic mass is 32.2. The number of anilines is 1. The number of sulfonamides is 1. The van der Waals surface area contributed by atoms with Crippen LogP contribution in [0.2, 0.25) is 0 Å². The van der Waals surface area contributed by atoms with Crippen molar-refractivity contribution in [3.63, 3.8) is 0 Å². The number of hydrogen-bond donors (Lipinski definition) is 1. The third-order valence-corrected chi connectivity index (χ3v) is 8.51. The average Bonchev–Trinajstić information content (AvgIpc) is 2.98. The van der Waals surface area contributed by atoms with E-state index in [-0.39, 0.29) is 29.1 Å². The Morgan fingerprint density at radius 1 is 0.902 bits per heavy atom. The second-order valence-electron chi connectivity index (χ2n) is 10.1. The molecule has 2 amide bonds. The maximum absolute atomic E-state index is 14.1. The van der Waals surface area contributed by atoms with Crippen LogP contribution in [-0.4, -0.2) is 63.5 Å². The Morgan fingerprint density at radius 2 is 1.54 bits per heavy atom. The number of hydrogen-bond acceptors (Lipinski definition) is 6. The molecule has 41 heavy (non-hydrogen) atoms. The maximum atomic E-state index is 14.1. The van der Waals surface area contributed by atoms with Crippen LogP contribution in [0.3, 0.4) is 0 Å². The largest absolute Gasteiger partial charge is 0.486 e. The molecule has 0 aromatic heterocycles. The van der Waals surface area contributed by atoms with Crippen LogP contribution in [0.15, 0.2) is 83.8 Å². The summed E-state index contributed by atoms with van der Waals surface area (Å²) >= 11 is 0. The van der Waals surface area contributed by atoms with E-state index in [1.807, 2.05) is 51.1 Å². The Balaban J connectivity index is 1.71. The third-order valence-electron chi connectivity index (χ3n) is 6.72. The zero-order valence-corrected chi connectivity index (χ0v) is 24.5. The average molecular weight is 580 g/mol. The first kappa shape index (κ1) is 29.9. The molecule has 1 aliphatic heterocycles. The van der Waals surface area contributed by atoms with Gasteiger partial charge in [0.05, 0.1) is 10.6 Å². The normalized spacial score (nSPS) is 13.4. The summed E-state index contributed by atoms with van der Waals surface area (Å²) in [4.78, 5) is 28.8. The highest BCUT2D eigenvalue weighted by Crippen LogP contribution is 2.36. The van der Waals surface area contributed by atoms with Gasteiger partial charge in [-0.15, -0.1) is 0 Å². The molecule has 3 aromatic rings. The van der Waals surface area contributed by atoms with Crippen LogP contribution in [0, 0.1) is 0 Å². The molecule has 1 aliphatic rings. The summed E-state index contributed by atoms with van der Waals surface area (Å²) < 4.78 is 40.3. The lowest BCUT2D eigenvalue weighted by Gasteiger charge is -2.33. The second-order valence-corrected chi connectivity index (χ2v) is 11.9. The molecule has 0 spiro atoms. The molecular formula is C31H37N3O6S. The Hall–Kier alpha value is -4.05. The zero-order valence-electron chi connectivity index (χ0n) is 23.7. The first-order chi connectivity index (χ1) is 19.7. The van der Waals surface area contributed by atoms with E-state index < -0.39 is 28.5 Å². The van der Waals surface area contributed by atoms with Gasteiger partial charge in [0.15, 0.2) is 11.5 Å². The molecule has 0 saturated heterocycles. The van der Waals surface area contributed by atoms with Gasteiger partial charge < -0.3 is 19.7 Å². The molecule has 0 aliphatic carbocycles. The molecule has 0 fully saturated rings. The number of nitrogens with one attached hydrogen (secondary N) is 1. The number of rotatable bonds is 12. The van der Waals surface area contributed by atoms with Crippen LogP contribution in [0.5, 0.6) is 11.5 Å². The Morgan fingerprint density at radius 3 is 2.17 bits per heavy atom. The molecule has 0 radical (unpaired) electrons. The van der Waals surface area contributed by atoms with Crippen LogP contribution < -0.4 is 19.1 Å². The van der Waals surface area contributed by atoms with E-state index in [4.69, 9.17) is 9.47 Å². The van der Waals surface area contributed by atoms with Crippen molar-refractivity contribution in [2.24, 2.45) is 0 Å². The molecule has 10 heteroatoms. The number of carbonyl (C=O) groups is 2. The van der Waals surface area contributed by atoms with Crippen molar-refractivity contribution in [1.82, 2.24) is 10.2 Å². The summed E-state index contributed by atoms with van der Waals surface area (Å²) in [6.45, 7) is 6.02. The summed E-state index contributed by atoms with van der Waals surface area (Å²) in [5.41, 5.74) is 1.26. The van der Waals surface area contributed by atoms with E-state index in [2.05, 4.69) is 5.32 Å². The summed E-state index contributed by atoms with van der Waals surface area (Å²) in [6, 6.07) is 21.5. The maximum Gasteiger partial charge on any atom is 0.264 e. The predicted octanol–water partition coefficient (Wildman–Crippen LogP) is 4.03. The van der Waals surface area contributed by atoms with Crippen molar-refractivity contribution in [2.75, 3.05) is 30.6 Å². The zero-order chi connectivity index (χ0) is 29.4. The SMILES string of the molecule is CC[C@H](C(=O)NC(C)C)N(CCc1ccccc1)C(=O)CN(c1ccc2c(c1)OCCO2)S(=O)(=O)c1ccccc1. The van der Waals surface area contributed by atoms with E-state index in [1.165, 1.54) is 17.0 Å². The van der Waals surface area contributed by atoms with E-state index >= 15 is 0 Å². The fourth-order valence-electron chi connectivity index (χ4n) is 4.71. The first-order valence-electron chi connectivity index (χ1n) is 13.8. The van der Waals surface area contributed by atoms with E-state index in [1.54, 1.807) is 36.4 Å². The van der Waals surface area contributed by atoms with Gasteiger partial charge in [-0.3, -0.25) is 13.9 Å². The first-order valence-corrected chi connectivity index (χ1v) is 15.3. The van der Waals surface area contributed by atoms with Gasteiger partial charge in [-0.05, 0) is 56.5 Å². The molecule has 9 nitrogen and oxygen atoms in total. The molecule has 0 bridgehead atoms. The molecule has 1 atom stereocenters. The minimum Gasteiger partial charge on any atom is -0.486 e. The van der Waals surface area contributed by atoms with Gasteiger partial charge in [0.2, 0.25) is 11.8 Å². The number of nitrogens with zero attached hydrogens (tertiary/aromatic N) is 2. The smallest absolute Gasteiger partial charge is 0.264 e. The van der Waals surface area contributed by atoms with Crippen molar-refractivity contribution in [1.29, 1.82) is 0 Å². The van der Waals surface area contributed by atoms with Crippen molar-refractivity contribution < 1.29 is 27.5 Å². The van der Waals surface area contributed by atoms with Crippen molar-refractivity contribution in [2.45, 2.75) is 50.6 Å². The van der Waals surface area contributed by atoms with Gasteiger partial charge in [0.25, 0.3) is 10.0 Å². The number of ether oxygens (including phenoxy) is 2. The van der Waals surface area contributed by atoms with Crippen molar-refractivity contribution >= 4 is 27.5 Å².